The summed E-state index contributed by atoms with van der Waals surface area (Å²) < 4.78 is 6.35. The summed E-state index contributed by atoms with van der Waals surface area (Å²) in [6, 6.07) is 13.8. The molecular weight excluding hydrogens is 388 g/mol. The average molecular weight is 405 g/mol. The van der Waals surface area contributed by atoms with E-state index in [1.54, 1.807) is 7.11 Å². The van der Waals surface area contributed by atoms with E-state index < -0.39 is 0 Å². The third kappa shape index (κ3) is 3.94. The number of carbonyl (C=O) groups excluding carboxylic acids is 1. The van der Waals surface area contributed by atoms with Crippen molar-refractivity contribution in [2.45, 2.75) is 12.4 Å². The second-order valence-electron chi connectivity index (χ2n) is 5.38. The number of anilines is 1. The zero-order valence-electron chi connectivity index (χ0n) is 13.3. The number of aryl methyl sites for hydroxylation is 1. The summed E-state index contributed by atoms with van der Waals surface area (Å²) in [5.41, 5.74) is 2.74. The van der Waals surface area contributed by atoms with Crippen molar-refractivity contribution in [1.29, 1.82) is 0 Å². The van der Waals surface area contributed by atoms with Crippen LogP contribution in [0.3, 0.4) is 0 Å². The fourth-order valence-electron chi connectivity index (χ4n) is 2.39. The normalized spacial score (nSPS) is 18.5. The lowest BCUT2D eigenvalue weighted by atomic mass is 10.2. The molecule has 1 aliphatic rings. The average Bonchev–Trinajstić information content (AvgIpc) is 2.87. The van der Waals surface area contributed by atoms with Gasteiger partial charge in [-0.05, 0) is 48.4 Å². The Morgan fingerprint density at radius 3 is 2.88 bits per heavy atom. The number of hydrogen-bond donors (Lipinski definition) is 2. The van der Waals surface area contributed by atoms with E-state index in [0.717, 1.165) is 27.0 Å². The van der Waals surface area contributed by atoms with Crippen LogP contribution in [0.25, 0.3) is 6.08 Å². The number of amides is 1. The number of hydrogen-bond acceptors (Lipinski definition) is 4. The number of halogens is 1. The van der Waals surface area contributed by atoms with Crippen molar-refractivity contribution in [2.24, 2.45) is 0 Å². The van der Waals surface area contributed by atoms with Gasteiger partial charge in [-0.1, -0.05) is 45.9 Å². The van der Waals surface area contributed by atoms with Crippen LogP contribution in [-0.4, -0.2) is 18.5 Å². The Balaban J connectivity index is 1.77. The summed E-state index contributed by atoms with van der Waals surface area (Å²) in [4.78, 5) is 12.9. The number of carbonyl (C=O) groups is 1. The van der Waals surface area contributed by atoms with E-state index in [1.807, 2.05) is 55.5 Å². The second kappa shape index (κ2) is 7.32. The molecule has 3 rings (SSSR count). The van der Waals surface area contributed by atoms with Crippen LogP contribution in [0.1, 0.15) is 11.1 Å². The Labute approximate surface area is 153 Å². The van der Waals surface area contributed by atoms with Gasteiger partial charge in [0, 0.05) is 4.47 Å². The van der Waals surface area contributed by atoms with E-state index in [0.29, 0.717) is 4.91 Å². The zero-order valence-corrected chi connectivity index (χ0v) is 15.7. The van der Waals surface area contributed by atoms with Gasteiger partial charge < -0.3 is 15.4 Å². The molecule has 124 valence electrons. The molecule has 0 bridgehead atoms. The minimum atomic E-state index is -0.230. The van der Waals surface area contributed by atoms with Gasteiger partial charge in [-0.2, -0.15) is 0 Å². The molecule has 0 radical (unpaired) electrons. The van der Waals surface area contributed by atoms with Gasteiger partial charge in [-0.3, -0.25) is 4.79 Å². The lowest BCUT2D eigenvalue weighted by molar-refractivity contribution is -0.116. The largest absolute Gasteiger partial charge is 0.495 e. The fourth-order valence-corrected chi connectivity index (χ4v) is 3.78. The predicted octanol–water partition coefficient (Wildman–Crippen LogP) is 4.37. The number of ether oxygens (including phenoxy) is 1. The topological polar surface area (TPSA) is 50.4 Å². The molecule has 0 aliphatic carbocycles. The van der Waals surface area contributed by atoms with Crippen LogP contribution >= 0.6 is 27.7 Å². The number of nitrogens with one attached hydrogen (secondary N) is 2. The molecule has 1 saturated heterocycles. The number of methoxy groups -OCH3 is 1. The summed E-state index contributed by atoms with van der Waals surface area (Å²) in [6.45, 7) is 2.02. The van der Waals surface area contributed by atoms with Gasteiger partial charge in [0.25, 0.3) is 5.91 Å². The molecule has 1 amide bonds. The van der Waals surface area contributed by atoms with E-state index in [1.165, 1.54) is 11.8 Å². The van der Waals surface area contributed by atoms with Gasteiger partial charge in [0.05, 0.1) is 17.7 Å². The quantitative estimate of drug-likeness (QED) is 0.742. The van der Waals surface area contributed by atoms with E-state index in [2.05, 4.69) is 26.6 Å². The van der Waals surface area contributed by atoms with Gasteiger partial charge in [0.1, 0.15) is 5.75 Å². The SMILES string of the molecule is COc1ccc(C)cc1NC1NC(=O)/C(=C/c2cccc(Br)c2)S1. The van der Waals surface area contributed by atoms with Crippen molar-refractivity contribution >= 4 is 45.4 Å². The summed E-state index contributed by atoms with van der Waals surface area (Å²) in [5, 5.41) is 6.25. The maximum absolute atomic E-state index is 12.2. The van der Waals surface area contributed by atoms with E-state index in [4.69, 9.17) is 4.74 Å². The minimum absolute atomic E-state index is 0.0795. The maximum Gasteiger partial charge on any atom is 0.260 e. The van der Waals surface area contributed by atoms with Crippen LogP contribution in [0.15, 0.2) is 51.8 Å². The molecule has 1 unspecified atom stereocenters. The molecule has 1 atom stereocenters. The van der Waals surface area contributed by atoms with Gasteiger partial charge in [0.15, 0.2) is 5.50 Å². The third-order valence-corrected chi connectivity index (χ3v) is 5.04. The van der Waals surface area contributed by atoms with E-state index >= 15 is 0 Å². The van der Waals surface area contributed by atoms with Crippen molar-refractivity contribution in [3.63, 3.8) is 0 Å². The highest BCUT2D eigenvalue weighted by Crippen LogP contribution is 2.33. The Bertz CT molecular complexity index is 807. The molecule has 0 saturated carbocycles. The smallest absolute Gasteiger partial charge is 0.260 e. The van der Waals surface area contributed by atoms with Crippen LogP contribution < -0.4 is 15.4 Å². The molecule has 0 aromatic heterocycles. The Morgan fingerprint density at radius 2 is 2.12 bits per heavy atom. The van der Waals surface area contributed by atoms with Gasteiger partial charge >= 0.3 is 0 Å². The fraction of sp³-hybridized carbons (Fsp3) is 0.167. The Hall–Kier alpha value is -1.92. The molecule has 2 aromatic carbocycles. The first-order chi connectivity index (χ1) is 11.5. The highest BCUT2D eigenvalue weighted by Gasteiger charge is 2.27. The summed E-state index contributed by atoms with van der Waals surface area (Å²) in [6.07, 6.45) is 1.89. The predicted molar refractivity (Wildman–Crippen MR) is 103 cm³/mol. The molecule has 24 heavy (non-hydrogen) atoms. The third-order valence-electron chi connectivity index (χ3n) is 3.52. The number of benzene rings is 2. The molecule has 1 heterocycles. The van der Waals surface area contributed by atoms with E-state index in [9.17, 15) is 4.79 Å². The number of rotatable bonds is 4. The highest BCUT2D eigenvalue weighted by atomic mass is 79.9. The summed E-state index contributed by atoms with van der Waals surface area (Å²) in [5.74, 6) is 0.670. The first-order valence-corrected chi connectivity index (χ1v) is 9.08. The molecule has 1 aliphatic heterocycles. The minimum Gasteiger partial charge on any atom is -0.495 e. The van der Waals surface area contributed by atoms with E-state index in [-0.39, 0.29) is 11.4 Å². The van der Waals surface area contributed by atoms with Crippen molar-refractivity contribution in [3.05, 3.63) is 63.0 Å². The molecule has 6 heteroatoms. The Morgan fingerprint density at radius 1 is 1.29 bits per heavy atom. The summed E-state index contributed by atoms with van der Waals surface area (Å²) in [7, 11) is 1.63. The number of thioether (sulfide) groups is 1. The first-order valence-electron chi connectivity index (χ1n) is 7.41. The maximum atomic E-state index is 12.2. The Kier molecular flexibility index (Phi) is 5.16. The second-order valence-corrected chi connectivity index (χ2v) is 7.45. The van der Waals surface area contributed by atoms with Crippen molar-refractivity contribution < 1.29 is 9.53 Å². The van der Waals surface area contributed by atoms with Crippen molar-refractivity contribution in [3.8, 4) is 5.75 Å². The van der Waals surface area contributed by atoms with Gasteiger partial charge in [-0.25, -0.2) is 0 Å². The van der Waals surface area contributed by atoms with Gasteiger partial charge in [-0.15, -0.1) is 0 Å². The molecule has 2 N–H and O–H groups in total. The van der Waals surface area contributed by atoms with Crippen LogP contribution in [0.2, 0.25) is 0 Å². The van der Waals surface area contributed by atoms with Gasteiger partial charge in [0.2, 0.25) is 0 Å². The monoisotopic (exact) mass is 404 g/mol. The molecule has 0 spiro atoms. The zero-order chi connectivity index (χ0) is 17.1. The van der Waals surface area contributed by atoms with Crippen molar-refractivity contribution in [2.75, 3.05) is 12.4 Å². The lowest BCUT2D eigenvalue weighted by Crippen LogP contribution is -2.31. The van der Waals surface area contributed by atoms with Crippen LogP contribution in [0.4, 0.5) is 5.69 Å². The molecular formula is C18H17BrN2O2S. The lowest BCUT2D eigenvalue weighted by Gasteiger charge is -2.16. The van der Waals surface area contributed by atoms with Crippen LogP contribution in [0, 0.1) is 6.92 Å². The first kappa shape index (κ1) is 16.9. The molecule has 2 aromatic rings. The molecule has 1 fully saturated rings. The highest BCUT2D eigenvalue weighted by molar-refractivity contribution is 9.10. The van der Waals surface area contributed by atoms with Crippen LogP contribution in [0.5, 0.6) is 5.75 Å². The van der Waals surface area contributed by atoms with Crippen molar-refractivity contribution in [1.82, 2.24) is 5.32 Å². The van der Waals surface area contributed by atoms with Crippen LogP contribution in [-0.2, 0) is 4.79 Å². The summed E-state index contributed by atoms with van der Waals surface area (Å²) >= 11 is 4.90. The molecule has 4 nitrogen and oxygen atoms in total. The standard InChI is InChI=1S/C18H17BrN2O2S/c1-11-6-7-15(23-2)14(8-11)20-18-21-17(22)16(24-18)10-12-4-3-5-13(19)9-12/h3-10,18,20H,1-2H3,(H,21,22)/b16-10-.